The van der Waals surface area contributed by atoms with E-state index >= 15 is 0 Å². The highest BCUT2D eigenvalue weighted by Crippen LogP contribution is 2.40. The van der Waals surface area contributed by atoms with Crippen molar-refractivity contribution < 1.29 is 23.4 Å². The molecule has 1 spiro atoms. The number of nitrogens with zero attached hydrogens (tertiary/aromatic N) is 1. The second-order valence-electron chi connectivity index (χ2n) is 7.31. The predicted molar refractivity (Wildman–Crippen MR) is 94.1 cm³/mol. The Bertz CT molecular complexity index is 756. The fourth-order valence-electron chi connectivity index (χ4n) is 3.72. The minimum absolute atomic E-state index is 0.0627. The molecule has 1 aromatic carbocycles. The van der Waals surface area contributed by atoms with Gasteiger partial charge in [-0.2, -0.15) is 4.31 Å². The summed E-state index contributed by atoms with van der Waals surface area (Å²) in [6.45, 7) is 3.97. The lowest BCUT2D eigenvalue weighted by Crippen LogP contribution is -2.59. The summed E-state index contributed by atoms with van der Waals surface area (Å²) in [6.07, 6.45) is 0.336. The number of aliphatic hydroxyl groups is 2. The first-order chi connectivity index (χ1) is 11.6. The van der Waals surface area contributed by atoms with Crippen LogP contribution in [-0.4, -0.2) is 59.9 Å². The highest BCUT2D eigenvalue weighted by Gasteiger charge is 2.49. The number of halogens is 1. The van der Waals surface area contributed by atoms with E-state index in [9.17, 15) is 18.6 Å². The van der Waals surface area contributed by atoms with Crippen LogP contribution in [0.3, 0.4) is 0 Å². The molecule has 0 bridgehead atoms. The lowest BCUT2D eigenvalue weighted by Gasteiger charge is -2.49. The molecule has 0 amide bonds. The van der Waals surface area contributed by atoms with Gasteiger partial charge in [-0.05, 0) is 44.4 Å². The predicted octanol–water partition coefficient (Wildman–Crippen LogP) is 1.70. The lowest BCUT2D eigenvalue weighted by atomic mass is 9.77. The van der Waals surface area contributed by atoms with Gasteiger partial charge in [0, 0.05) is 24.5 Å². The molecule has 2 atom stereocenters. The van der Waals surface area contributed by atoms with E-state index in [1.54, 1.807) is 32.0 Å². The summed E-state index contributed by atoms with van der Waals surface area (Å²) < 4.78 is 33.2. The van der Waals surface area contributed by atoms with E-state index in [-0.39, 0.29) is 11.5 Å². The molecule has 2 fully saturated rings. The van der Waals surface area contributed by atoms with Crippen molar-refractivity contribution in [2.75, 3.05) is 19.7 Å². The second-order valence-corrected chi connectivity index (χ2v) is 9.62. The molecule has 2 N–H and O–H groups in total. The van der Waals surface area contributed by atoms with Gasteiger partial charge < -0.3 is 14.9 Å². The van der Waals surface area contributed by atoms with Crippen LogP contribution < -0.4 is 0 Å². The van der Waals surface area contributed by atoms with E-state index in [1.807, 2.05) is 0 Å². The molecule has 2 saturated heterocycles. The minimum Gasteiger partial charge on any atom is -0.388 e. The number of sulfonamides is 1. The minimum atomic E-state index is -3.63. The van der Waals surface area contributed by atoms with Crippen molar-refractivity contribution >= 4 is 21.6 Å². The van der Waals surface area contributed by atoms with Gasteiger partial charge in [-0.1, -0.05) is 17.7 Å². The topological polar surface area (TPSA) is 87.1 Å². The third-order valence-electron chi connectivity index (χ3n) is 5.41. The standard InChI is InChI=1S/C17H24ClNO5S/c1-12-13(18)4-3-5-14(12)25(22,23)19-8-6-17(7-9-19)11-16(2,21)15(20)10-24-17/h3-5,15,20-21H,6-11H2,1-2H3/t15-,16-/m0/s1. The average Bonchev–Trinajstić information content (AvgIpc) is 2.54. The highest BCUT2D eigenvalue weighted by molar-refractivity contribution is 7.89. The fraction of sp³-hybridized carbons (Fsp3) is 0.647. The molecular formula is C17H24ClNO5S. The number of benzene rings is 1. The molecule has 2 aliphatic heterocycles. The number of ether oxygens (including phenoxy) is 1. The maximum atomic E-state index is 12.9. The van der Waals surface area contributed by atoms with Gasteiger partial charge in [0.25, 0.3) is 0 Å². The van der Waals surface area contributed by atoms with Gasteiger partial charge in [-0.3, -0.25) is 0 Å². The molecule has 140 valence electrons. The van der Waals surface area contributed by atoms with Gasteiger partial charge in [0.15, 0.2) is 0 Å². The zero-order chi connectivity index (χ0) is 18.5. The monoisotopic (exact) mass is 389 g/mol. The molecule has 8 heteroatoms. The smallest absolute Gasteiger partial charge is 0.243 e. The van der Waals surface area contributed by atoms with Crippen LogP contribution in [0, 0.1) is 6.92 Å². The zero-order valence-corrected chi connectivity index (χ0v) is 16.0. The van der Waals surface area contributed by atoms with Crippen molar-refractivity contribution in [1.82, 2.24) is 4.31 Å². The van der Waals surface area contributed by atoms with Gasteiger partial charge in [-0.15, -0.1) is 0 Å². The largest absolute Gasteiger partial charge is 0.388 e. The second kappa shape index (κ2) is 6.48. The quantitative estimate of drug-likeness (QED) is 0.804. The van der Waals surface area contributed by atoms with E-state index in [0.29, 0.717) is 42.9 Å². The number of rotatable bonds is 2. The Morgan fingerprint density at radius 1 is 1.32 bits per heavy atom. The first-order valence-corrected chi connectivity index (χ1v) is 10.2. The Labute approximate surface area is 153 Å². The first kappa shape index (κ1) is 19.1. The molecule has 25 heavy (non-hydrogen) atoms. The molecule has 0 aromatic heterocycles. The number of piperidine rings is 1. The van der Waals surface area contributed by atoms with E-state index in [0.717, 1.165) is 0 Å². The molecule has 3 rings (SSSR count). The lowest BCUT2D eigenvalue weighted by molar-refractivity contribution is -0.220. The van der Waals surface area contributed by atoms with Crippen LogP contribution in [0.5, 0.6) is 0 Å². The SMILES string of the molecule is Cc1c(Cl)cccc1S(=O)(=O)N1CCC2(CC1)C[C@](C)(O)[C@@H](O)CO2. The van der Waals surface area contributed by atoms with Crippen LogP contribution in [0.4, 0.5) is 0 Å². The van der Waals surface area contributed by atoms with Crippen molar-refractivity contribution in [2.24, 2.45) is 0 Å². The molecule has 0 unspecified atom stereocenters. The van der Waals surface area contributed by atoms with E-state index < -0.39 is 27.3 Å². The summed E-state index contributed by atoms with van der Waals surface area (Å²) in [7, 11) is -3.63. The molecule has 0 aliphatic carbocycles. The Balaban J connectivity index is 1.77. The number of aliphatic hydroxyl groups excluding tert-OH is 1. The van der Waals surface area contributed by atoms with Crippen LogP contribution in [0.1, 0.15) is 31.7 Å². The van der Waals surface area contributed by atoms with Crippen LogP contribution >= 0.6 is 11.6 Å². The maximum Gasteiger partial charge on any atom is 0.243 e. The van der Waals surface area contributed by atoms with Crippen LogP contribution in [0.15, 0.2) is 23.1 Å². The van der Waals surface area contributed by atoms with Gasteiger partial charge in [-0.25, -0.2) is 8.42 Å². The molecular weight excluding hydrogens is 366 g/mol. The Morgan fingerprint density at radius 3 is 2.56 bits per heavy atom. The molecule has 2 aliphatic rings. The third-order valence-corrected chi connectivity index (χ3v) is 7.87. The summed E-state index contributed by atoms with van der Waals surface area (Å²) in [5.74, 6) is 0. The zero-order valence-electron chi connectivity index (χ0n) is 14.4. The molecule has 6 nitrogen and oxygen atoms in total. The first-order valence-electron chi connectivity index (χ1n) is 8.37. The molecule has 2 heterocycles. The highest BCUT2D eigenvalue weighted by atomic mass is 35.5. The number of hydrogen-bond donors (Lipinski definition) is 2. The summed E-state index contributed by atoms with van der Waals surface area (Å²) in [6, 6.07) is 4.88. The normalized spacial score (nSPS) is 30.5. The van der Waals surface area contributed by atoms with Gasteiger partial charge in [0.1, 0.15) is 6.10 Å². The van der Waals surface area contributed by atoms with Gasteiger partial charge in [0.2, 0.25) is 10.0 Å². The van der Waals surface area contributed by atoms with Crippen LogP contribution in [-0.2, 0) is 14.8 Å². The van der Waals surface area contributed by atoms with Crippen molar-refractivity contribution in [2.45, 2.75) is 55.3 Å². The summed E-state index contributed by atoms with van der Waals surface area (Å²) in [5.41, 5.74) is -1.26. The third kappa shape index (κ3) is 3.46. The van der Waals surface area contributed by atoms with E-state index in [2.05, 4.69) is 0 Å². The average molecular weight is 390 g/mol. The Hall–Kier alpha value is -0.700. The number of hydrogen-bond acceptors (Lipinski definition) is 5. The van der Waals surface area contributed by atoms with Crippen molar-refractivity contribution in [3.05, 3.63) is 28.8 Å². The van der Waals surface area contributed by atoms with Crippen molar-refractivity contribution in [3.8, 4) is 0 Å². The maximum absolute atomic E-state index is 12.9. The molecule has 1 aromatic rings. The van der Waals surface area contributed by atoms with E-state index in [4.69, 9.17) is 16.3 Å². The van der Waals surface area contributed by atoms with Gasteiger partial charge in [0.05, 0.1) is 22.7 Å². The molecule has 0 saturated carbocycles. The summed E-state index contributed by atoms with van der Waals surface area (Å²) in [5, 5.41) is 20.6. The van der Waals surface area contributed by atoms with Gasteiger partial charge >= 0.3 is 0 Å². The van der Waals surface area contributed by atoms with Crippen molar-refractivity contribution in [1.29, 1.82) is 0 Å². The van der Waals surface area contributed by atoms with Crippen molar-refractivity contribution in [3.63, 3.8) is 0 Å². The molecule has 0 radical (unpaired) electrons. The Kier molecular flexibility index (Phi) is 4.94. The van der Waals surface area contributed by atoms with Crippen LogP contribution in [0.2, 0.25) is 5.02 Å². The summed E-state index contributed by atoms with van der Waals surface area (Å²) in [4.78, 5) is 0.225. The Morgan fingerprint density at radius 2 is 1.96 bits per heavy atom. The summed E-state index contributed by atoms with van der Waals surface area (Å²) >= 11 is 6.07. The fourth-order valence-corrected chi connectivity index (χ4v) is 5.64. The van der Waals surface area contributed by atoms with Crippen LogP contribution in [0.25, 0.3) is 0 Å². The van der Waals surface area contributed by atoms with E-state index in [1.165, 1.54) is 4.31 Å².